The smallest absolute Gasteiger partial charge is 0.160 e. The maximum Gasteiger partial charge on any atom is 0.160 e. The van der Waals surface area contributed by atoms with E-state index in [4.69, 9.17) is 11.6 Å². The van der Waals surface area contributed by atoms with Gasteiger partial charge in [-0.25, -0.2) is 4.39 Å². The molecule has 28 heavy (non-hydrogen) atoms. The molecule has 0 unspecified atom stereocenters. The van der Waals surface area contributed by atoms with E-state index in [1.54, 1.807) is 52.0 Å². The third-order valence-electron chi connectivity index (χ3n) is 5.73. The summed E-state index contributed by atoms with van der Waals surface area (Å²) < 4.78 is 13.9. The summed E-state index contributed by atoms with van der Waals surface area (Å²) in [5.41, 5.74) is 0.0773. The SMILES string of the molecule is Cc1ccc(-c2ccc(Cl)c(F)c2)cc1C1C(=O)C(C)(C)C(=O)C(C)(C)C1=O. The lowest BCUT2D eigenvalue weighted by molar-refractivity contribution is -0.157. The molecule has 1 aliphatic rings. The van der Waals surface area contributed by atoms with Gasteiger partial charge in [0.05, 0.1) is 15.9 Å². The van der Waals surface area contributed by atoms with Crippen molar-refractivity contribution in [3.8, 4) is 11.1 Å². The van der Waals surface area contributed by atoms with Crippen molar-refractivity contribution >= 4 is 29.0 Å². The predicted molar refractivity (Wildman–Crippen MR) is 107 cm³/mol. The van der Waals surface area contributed by atoms with Crippen LogP contribution in [0.15, 0.2) is 36.4 Å². The molecule has 0 aromatic heterocycles. The number of Topliss-reactive ketones (excluding diaryl/α,β-unsaturated/α-hetero) is 3. The molecule has 1 saturated carbocycles. The fraction of sp³-hybridized carbons (Fsp3) is 0.348. The van der Waals surface area contributed by atoms with E-state index in [0.717, 1.165) is 5.56 Å². The summed E-state index contributed by atoms with van der Waals surface area (Å²) in [6.45, 7) is 8.12. The summed E-state index contributed by atoms with van der Waals surface area (Å²) in [6, 6.07) is 9.81. The zero-order chi connectivity index (χ0) is 21.0. The van der Waals surface area contributed by atoms with Gasteiger partial charge in [-0.05, 0) is 75.1 Å². The molecule has 0 aliphatic heterocycles. The highest BCUT2D eigenvalue weighted by atomic mass is 35.5. The van der Waals surface area contributed by atoms with E-state index < -0.39 is 34.1 Å². The number of benzene rings is 2. The predicted octanol–water partition coefficient (Wildman–Crippen LogP) is 5.31. The Labute approximate surface area is 168 Å². The Morgan fingerprint density at radius 1 is 0.857 bits per heavy atom. The molecular weight excluding hydrogens is 379 g/mol. The highest BCUT2D eigenvalue weighted by Crippen LogP contribution is 2.45. The molecule has 0 atom stereocenters. The van der Waals surface area contributed by atoms with Crippen LogP contribution in [0.3, 0.4) is 0 Å². The molecule has 0 N–H and O–H groups in total. The molecule has 3 nitrogen and oxygen atoms in total. The van der Waals surface area contributed by atoms with Crippen molar-refractivity contribution in [3.05, 3.63) is 58.4 Å². The van der Waals surface area contributed by atoms with Crippen LogP contribution in [-0.2, 0) is 14.4 Å². The van der Waals surface area contributed by atoms with Crippen LogP contribution in [0, 0.1) is 23.6 Å². The number of hydrogen-bond donors (Lipinski definition) is 0. The van der Waals surface area contributed by atoms with Crippen LogP contribution >= 0.6 is 11.6 Å². The van der Waals surface area contributed by atoms with Gasteiger partial charge in [-0.2, -0.15) is 0 Å². The minimum atomic E-state index is -1.25. The zero-order valence-electron chi connectivity index (χ0n) is 16.5. The second-order valence-electron chi connectivity index (χ2n) is 8.44. The van der Waals surface area contributed by atoms with Crippen molar-refractivity contribution in [3.63, 3.8) is 0 Å². The van der Waals surface area contributed by atoms with Gasteiger partial charge >= 0.3 is 0 Å². The molecule has 0 amide bonds. The summed E-state index contributed by atoms with van der Waals surface area (Å²) >= 11 is 5.76. The van der Waals surface area contributed by atoms with Gasteiger partial charge < -0.3 is 0 Å². The van der Waals surface area contributed by atoms with Gasteiger partial charge in [0, 0.05) is 0 Å². The van der Waals surface area contributed by atoms with Crippen molar-refractivity contribution in [2.75, 3.05) is 0 Å². The third-order valence-corrected chi connectivity index (χ3v) is 6.04. The van der Waals surface area contributed by atoms with E-state index >= 15 is 0 Å². The minimum Gasteiger partial charge on any atom is -0.298 e. The fourth-order valence-corrected chi connectivity index (χ4v) is 4.05. The van der Waals surface area contributed by atoms with E-state index in [2.05, 4.69) is 0 Å². The highest BCUT2D eigenvalue weighted by Gasteiger charge is 2.58. The molecule has 1 aliphatic carbocycles. The van der Waals surface area contributed by atoms with Crippen LogP contribution in [-0.4, -0.2) is 17.3 Å². The molecule has 2 aromatic rings. The standard InChI is InChI=1S/C23H22ClFO3/c1-12-6-7-13(14-8-9-16(24)17(25)11-14)10-15(12)18-19(26)22(2,3)21(28)23(4,5)20(18)27/h6-11,18H,1-5H3. The number of aryl methyl sites for hydroxylation is 1. The Kier molecular flexibility index (Phi) is 4.83. The molecule has 0 spiro atoms. The van der Waals surface area contributed by atoms with Gasteiger partial charge in [-0.1, -0.05) is 29.8 Å². The number of hydrogen-bond acceptors (Lipinski definition) is 3. The first-order valence-corrected chi connectivity index (χ1v) is 9.46. The number of carbonyl (C=O) groups is 3. The van der Waals surface area contributed by atoms with Crippen LogP contribution in [0.5, 0.6) is 0 Å². The van der Waals surface area contributed by atoms with E-state index in [-0.39, 0.29) is 10.8 Å². The molecule has 146 valence electrons. The lowest BCUT2D eigenvalue weighted by Crippen LogP contribution is -2.56. The second kappa shape index (κ2) is 6.63. The summed E-state index contributed by atoms with van der Waals surface area (Å²) in [4.78, 5) is 39.0. The molecule has 5 heteroatoms. The lowest BCUT2D eigenvalue weighted by Gasteiger charge is -2.41. The number of carbonyl (C=O) groups excluding carboxylic acids is 3. The van der Waals surface area contributed by atoms with Crippen LogP contribution in [0.2, 0.25) is 5.02 Å². The molecule has 1 fully saturated rings. The van der Waals surface area contributed by atoms with Crippen LogP contribution in [0.4, 0.5) is 4.39 Å². The minimum absolute atomic E-state index is 0.0238. The largest absolute Gasteiger partial charge is 0.298 e. The Morgan fingerprint density at radius 3 is 1.89 bits per heavy atom. The molecule has 2 aromatic carbocycles. The topological polar surface area (TPSA) is 51.2 Å². The van der Waals surface area contributed by atoms with Gasteiger partial charge in [0.25, 0.3) is 0 Å². The van der Waals surface area contributed by atoms with Crippen molar-refractivity contribution < 1.29 is 18.8 Å². The van der Waals surface area contributed by atoms with Gasteiger partial charge in [0.1, 0.15) is 11.7 Å². The molecule has 0 radical (unpaired) electrons. The zero-order valence-corrected chi connectivity index (χ0v) is 17.3. The quantitative estimate of drug-likeness (QED) is 0.642. The first kappa shape index (κ1) is 20.4. The maximum atomic E-state index is 13.9. The maximum absolute atomic E-state index is 13.9. The van der Waals surface area contributed by atoms with Crippen LogP contribution in [0.25, 0.3) is 11.1 Å². The Balaban J connectivity index is 2.17. The third kappa shape index (κ3) is 3.00. The summed E-state index contributed by atoms with van der Waals surface area (Å²) in [6.07, 6.45) is 0. The van der Waals surface area contributed by atoms with Gasteiger partial charge in [-0.3, -0.25) is 14.4 Å². The summed E-state index contributed by atoms with van der Waals surface area (Å²) in [5.74, 6) is -2.73. The van der Waals surface area contributed by atoms with E-state index in [0.29, 0.717) is 16.7 Å². The van der Waals surface area contributed by atoms with Gasteiger partial charge in [0.15, 0.2) is 17.3 Å². The summed E-state index contributed by atoms with van der Waals surface area (Å²) in [7, 11) is 0. The highest BCUT2D eigenvalue weighted by molar-refractivity contribution is 6.31. The van der Waals surface area contributed by atoms with Gasteiger partial charge in [-0.15, -0.1) is 0 Å². The van der Waals surface area contributed by atoms with Crippen LogP contribution < -0.4 is 0 Å². The summed E-state index contributed by atoms with van der Waals surface area (Å²) in [5, 5.41) is 0.0238. The molecule has 0 heterocycles. The van der Waals surface area contributed by atoms with Crippen molar-refractivity contribution in [2.24, 2.45) is 10.8 Å². The Hall–Kier alpha value is -2.33. The number of halogens is 2. The first-order valence-electron chi connectivity index (χ1n) is 9.08. The van der Waals surface area contributed by atoms with Gasteiger partial charge in [0.2, 0.25) is 0 Å². The molecule has 3 rings (SSSR count). The average molecular weight is 401 g/mol. The van der Waals surface area contributed by atoms with Crippen LogP contribution in [0.1, 0.15) is 44.7 Å². The lowest BCUT2D eigenvalue weighted by atomic mass is 9.57. The monoisotopic (exact) mass is 400 g/mol. The average Bonchev–Trinajstić information content (AvgIpc) is 2.63. The molecule has 0 saturated heterocycles. The molecule has 0 bridgehead atoms. The first-order chi connectivity index (χ1) is 12.9. The van der Waals surface area contributed by atoms with E-state index in [1.165, 1.54) is 12.1 Å². The normalized spacial score (nSPS) is 19.2. The van der Waals surface area contributed by atoms with Crippen molar-refractivity contribution in [1.29, 1.82) is 0 Å². The van der Waals surface area contributed by atoms with E-state index in [1.807, 2.05) is 6.92 Å². The van der Waals surface area contributed by atoms with E-state index in [9.17, 15) is 18.8 Å². The Morgan fingerprint density at radius 2 is 1.36 bits per heavy atom. The molecular formula is C23H22ClFO3. The second-order valence-corrected chi connectivity index (χ2v) is 8.85. The van der Waals surface area contributed by atoms with Crippen molar-refractivity contribution in [1.82, 2.24) is 0 Å². The number of rotatable bonds is 2. The van der Waals surface area contributed by atoms with Crippen molar-refractivity contribution in [2.45, 2.75) is 40.5 Å². The number of ketones is 3. The Bertz CT molecular complexity index is 991. The fourth-order valence-electron chi connectivity index (χ4n) is 3.94.